The molecule has 2 rings (SSSR count). The molecule has 1 aromatic rings. The maximum atomic E-state index is 12.1. The minimum atomic E-state index is -1.37. The summed E-state index contributed by atoms with van der Waals surface area (Å²) >= 11 is 5.80. The molecule has 0 aliphatic heterocycles. The Labute approximate surface area is 114 Å². The number of anilines is 1. The molecule has 98 valence electrons. The molecule has 1 fully saturated rings. The van der Waals surface area contributed by atoms with Gasteiger partial charge in [0, 0.05) is 5.02 Å². The van der Waals surface area contributed by atoms with Crippen LogP contribution in [0.1, 0.15) is 24.8 Å². The highest BCUT2D eigenvalue weighted by Crippen LogP contribution is 2.42. The van der Waals surface area contributed by atoms with Gasteiger partial charge in [-0.05, 0) is 31.0 Å². The highest BCUT2D eigenvalue weighted by molar-refractivity contribution is 6.31. The number of nitriles is 1. The van der Waals surface area contributed by atoms with E-state index in [1.165, 1.54) is 18.2 Å². The molecule has 5 nitrogen and oxygen atoms in total. The Morgan fingerprint density at radius 3 is 2.58 bits per heavy atom. The molecule has 0 aromatic heterocycles. The Morgan fingerprint density at radius 2 is 2.11 bits per heavy atom. The molecule has 0 heterocycles. The highest BCUT2D eigenvalue weighted by Gasteiger charge is 2.51. The van der Waals surface area contributed by atoms with E-state index < -0.39 is 17.3 Å². The number of aliphatic carboxylic acids is 1. The number of halogens is 1. The van der Waals surface area contributed by atoms with Gasteiger partial charge in [-0.2, -0.15) is 5.26 Å². The number of rotatable bonds is 3. The molecule has 0 spiro atoms. The Balaban J connectivity index is 2.27. The van der Waals surface area contributed by atoms with Crippen LogP contribution in [0.5, 0.6) is 0 Å². The number of carboxylic acid groups (broad SMARTS) is 1. The lowest BCUT2D eigenvalue weighted by atomic mass is 9.68. The number of hydrogen-bond donors (Lipinski definition) is 2. The number of carbonyl (C=O) groups excluding carboxylic acids is 1. The van der Waals surface area contributed by atoms with Crippen molar-refractivity contribution in [1.82, 2.24) is 0 Å². The van der Waals surface area contributed by atoms with Gasteiger partial charge in [0.05, 0.1) is 11.3 Å². The van der Waals surface area contributed by atoms with Crippen LogP contribution >= 0.6 is 11.6 Å². The third-order valence-electron chi connectivity index (χ3n) is 3.40. The summed E-state index contributed by atoms with van der Waals surface area (Å²) in [4.78, 5) is 23.3. The number of nitrogens with zero attached hydrogens (tertiary/aromatic N) is 1. The molecule has 0 bridgehead atoms. The predicted octanol–water partition coefficient (Wildman–Crippen LogP) is 2.41. The molecule has 1 saturated carbocycles. The van der Waals surface area contributed by atoms with Crippen LogP contribution in [0.25, 0.3) is 0 Å². The summed E-state index contributed by atoms with van der Waals surface area (Å²) in [7, 11) is 0. The fourth-order valence-electron chi connectivity index (χ4n) is 2.03. The predicted molar refractivity (Wildman–Crippen MR) is 68.7 cm³/mol. The second-order valence-corrected chi connectivity index (χ2v) is 4.93. The van der Waals surface area contributed by atoms with E-state index in [4.69, 9.17) is 22.0 Å². The van der Waals surface area contributed by atoms with E-state index in [1.54, 1.807) is 0 Å². The average Bonchev–Trinajstić information content (AvgIpc) is 2.27. The van der Waals surface area contributed by atoms with Gasteiger partial charge >= 0.3 is 5.97 Å². The zero-order valence-corrected chi connectivity index (χ0v) is 10.7. The van der Waals surface area contributed by atoms with Gasteiger partial charge in [0.15, 0.2) is 0 Å². The van der Waals surface area contributed by atoms with Crippen LogP contribution in [0.2, 0.25) is 5.02 Å². The van der Waals surface area contributed by atoms with Crippen molar-refractivity contribution in [1.29, 1.82) is 5.26 Å². The second kappa shape index (κ2) is 4.90. The number of hydrogen-bond acceptors (Lipinski definition) is 3. The maximum absolute atomic E-state index is 12.1. The summed E-state index contributed by atoms with van der Waals surface area (Å²) in [6, 6.07) is 6.37. The Hall–Kier alpha value is -2.06. The van der Waals surface area contributed by atoms with Crippen LogP contribution in [-0.4, -0.2) is 17.0 Å². The van der Waals surface area contributed by atoms with E-state index in [0.717, 1.165) is 0 Å². The van der Waals surface area contributed by atoms with Crippen molar-refractivity contribution in [2.24, 2.45) is 5.41 Å². The third-order valence-corrected chi connectivity index (χ3v) is 3.64. The highest BCUT2D eigenvalue weighted by atomic mass is 35.5. The number of carbonyl (C=O) groups is 2. The molecule has 0 unspecified atom stereocenters. The zero-order valence-electron chi connectivity index (χ0n) is 9.94. The maximum Gasteiger partial charge on any atom is 0.319 e. The molecule has 0 atom stereocenters. The summed E-state index contributed by atoms with van der Waals surface area (Å²) in [5, 5.41) is 21.0. The van der Waals surface area contributed by atoms with E-state index in [9.17, 15) is 9.59 Å². The van der Waals surface area contributed by atoms with Gasteiger partial charge in [-0.15, -0.1) is 0 Å². The van der Waals surface area contributed by atoms with Gasteiger partial charge in [-0.25, -0.2) is 0 Å². The van der Waals surface area contributed by atoms with Crippen LogP contribution in [0, 0.1) is 16.7 Å². The Morgan fingerprint density at radius 1 is 1.42 bits per heavy atom. The van der Waals surface area contributed by atoms with E-state index in [-0.39, 0.29) is 11.3 Å². The topological polar surface area (TPSA) is 90.2 Å². The van der Waals surface area contributed by atoms with Crippen molar-refractivity contribution in [3.05, 3.63) is 28.8 Å². The fraction of sp³-hybridized carbons (Fsp3) is 0.308. The van der Waals surface area contributed by atoms with Crippen LogP contribution in [0.15, 0.2) is 18.2 Å². The first-order valence-electron chi connectivity index (χ1n) is 5.74. The largest absolute Gasteiger partial charge is 0.480 e. The number of benzene rings is 1. The van der Waals surface area contributed by atoms with E-state index in [0.29, 0.717) is 24.3 Å². The first-order chi connectivity index (χ1) is 8.99. The minimum absolute atomic E-state index is 0.243. The number of nitrogens with one attached hydrogen (secondary N) is 1. The molecule has 2 N–H and O–H groups in total. The van der Waals surface area contributed by atoms with Crippen LogP contribution < -0.4 is 5.32 Å². The van der Waals surface area contributed by atoms with Crippen molar-refractivity contribution >= 4 is 29.2 Å². The number of amides is 1. The van der Waals surface area contributed by atoms with E-state index in [2.05, 4.69) is 5.32 Å². The van der Waals surface area contributed by atoms with Crippen molar-refractivity contribution in [2.45, 2.75) is 19.3 Å². The van der Waals surface area contributed by atoms with Crippen LogP contribution in [-0.2, 0) is 9.59 Å². The first kappa shape index (κ1) is 13.4. The minimum Gasteiger partial charge on any atom is -0.480 e. The zero-order chi connectivity index (χ0) is 14.0. The monoisotopic (exact) mass is 278 g/mol. The van der Waals surface area contributed by atoms with Gasteiger partial charge in [-0.3, -0.25) is 9.59 Å². The molecular formula is C13H11ClN2O3. The first-order valence-corrected chi connectivity index (χ1v) is 6.12. The lowest BCUT2D eigenvalue weighted by molar-refractivity contribution is -0.159. The second-order valence-electron chi connectivity index (χ2n) is 4.50. The molecule has 1 aromatic carbocycles. The average molecular weight is 279 g/mol. The lowest BCUT2D eigenvalue weighted by Crippen LogP contribution is -2.48. The third kappa shape index (κ3) is 2.27. The summed E-state index contributed by atoms with van der Waals surface area (Å²) < 4.78 is 0. The standard InChI is InChI=1S/C13H11ClN2O3/c14-9-3-2-8(7-15)10(6-9)16-11(17)13(12(18)19)4-1-5-13/h2-3,6H,1,4-5H2,(H,16,17)(H,18,19). The van der Waals surface area contributed by atoms with Gasteiger partial charge < -0.3 is 10.4 Å². The lowest BCUT2D eigenvalue weighted by Gasteiger charge is -2.35. The molecule has 0 saturated heterocycles. The summed E-state index contributed by atoms with van der Waals surface area (Å²) in [6.07, 6.45) is 1.34. The molecular weight excluding hydrogens is 268 g/mol. The van der Waals surface area contributed by atoms with E-state index in [1.807, 2.05) is 6.07 Å². The summed E-state index contributed by atoms with van der Waals surface area (Å²) in [5.41, 5.74) is -0.875. The number of carboxylic acids is 1. The molecule has 1 aliphatic carbocycles. The molecule has 6 heteroatoms. The quantitative estimate of drug-likeness (QED) is 0.831. The Bertz CT molecular complexity index is 588. The smallest absolute Gasteiger partial charge is 0.319 e. The van der Waals surface area contributed by atoms with Crippen molar-refractivity contribution in [2.75, 3.05) is 5.32 Å². The Kier molecular flexibility index (Phi) is 3.45. The summed E-state index contributed by atoms with van der Waals surface area (Å²) in [6.45, 7) is 0. The fourth-order valence-corrected chi connectivity index (χ4v) is 2.20. The molecule has 1 amide bonds. The van der Waals surface area contributed by atoms with Gasteiger partial charge in [0.2, 0.25) is 5.91 Å². The van der Waals surface area contributed by atoms with Gasteiger partial charge in [-0.1, -0.05) is 18.0 Å². The van der Waals surface area contributed by atoms with Crippen molar-refractivity contribution < 1.29 is 14.7 Å². The van der Waals surface area contributed by atoms with Crippen molar-refractivity contribution in [3.63, 3.8) is 0 Å². The normalized spacial score (nSPS) is 16.0. The van der Waals surface area contributed by atoms with Gasteiger partial charge in [0.1, 0.15) is 11.5 Å². The SMILES string of the molecule is N#Cc1ccc(Cl)cc1NC(=O)C1(C(=O)O)CCC1. The molecule has 19 heavy (non-hydrogen) atoms. The molecule has 1 aliphatic rings. The van der Waals surface area contributed by atoms with Crippen molar-refractivity contribution in [3.8, 4) is 6.07 Å². The summed E-state index contributed by atoms with van der Waals surface area (Å²) in [5.74, 6) is -1.72. The van der Waals surface area contributed by atoms with Crippen LogP contribution in [0.3, 0.4) is 0 Å². The van der Waals surface area contributed by atoms with E-state index >= 15 is 0 Å². The molecule has 0 radical (unpaired) electrons. The van der Waals surface area contributed by atoms with Gasteiger partial charge in [0.25, 0.3) is 0 Å². The van der Waals surface area contributed by atoms with Crippen LogP contribution in [0.4, 0.5) is 5.69 Å².